The molecule has 0 radical (unpaired) electrons. The lowest BCUT2D eigenvalue weighted by Crippen LogP contribution is -2.40. The van der Waals surface area contributed by atoms with Crippen molar-refractivity contribution in [1.82, 2.24) is 25.3 Å². The van der Waals surface area contributed by atoms with Crippen LogP contribution in [0.5, 0.6) is 0 Å². The van der Waals surface area contributed by atoms with Gasteiger partial charge in [0.15, 0.2) is 0 Å². The van der Waals surface area contributed by atoms with E-state index in [-0.39, 0.29) is 23.8 Å². The summed E-state index contributed by atoms with van der Waals surface area (Å²) in [5, 5.41) is 6.48. The average Bonchev–Trinajstić information content (AvgIpc) is 3.20. The predicted molar refractivity (Wildman–Crippen MR) is 84.6 cm³/mol. The Morgan fingerprint density at radius 2 is 2.15 bits per heavy atom. The van der Waals surface area contributed by atoms with Crippen molar-refractivity contribution < 1.29 is 22.5 Å². The first kappa shape index (κ1) is 18.3. The van der Waals surface area contributed by atoms with Crippen LogP contribution >= 0.6 is 0 Å². The zero-order valence-electron chi connectivity index (χ0n) is 14.2. The van der Waals surface area contributed by atoms with Gasteiger partial charge < -0.3 is 14.7 Å². The first-order valence-corrected chi connectivity index (χ1v) is 8.16. The van der Waals surface area contributed by atoms with E-state index in [2.05, 4.69) is 25.0 Å². The van der Waals surface area contributed by atoms with Crippen LogP contribution < -0.4 is 5.32 Å². The van der Waals surface area contributed by atoms with Gasteiger partial charge in [-0.25, -0.2) is 0 Å². The molecule has 0 spiro atoms. The van der Waals surface area contributed by atoms with Gasteiger partial charge in [-0.15, -0.1) is 0 Å². The summed E-state index contributed by atoms with van der Waals surface area (Å²) in [5.41, 5.74) is 0.972. The first-order chi connectivity index (χ1) is 12.3. The fourth-order valence-corrected chi connectivity index (χ4v) is 2.75. The summed E-state index contributed by atoms with van der Waals surface area (Å²) in [4.78, 5) is 21.5. The summed E-state index contributed by atoms with van der Waals surface area (Å²) in [5.74, 6) is -1.50. The smallest absolute Gasteiger partial charge is 0.339 e. The maximum atomic E-state index is 12.5. The number of carbonyl (C=O) groups is 1. The largest absolute Gasteiger partial charge is 0.471 e. The van der Waals surface area contributed by atoms with E-state index in [0.29, 0.717) is 17.8 Å². The maximum absolute atomic E-state index is 12.5. The highest BCUT2D eigenvalue weighted by molar-refractivity contribution is 5.84. The van der Waals surface area contributed by atoms with Crippen LogP contribution in [0.3, 0.4) is 0 Å². The molecule has 0 bridgehead atoms. The van der Waals surface area contributed by atoms with Crippen molar-refractivity contribution in [2.75, 3.05) is 6.54 Å². The van der Waals surface area contributed by atoms with Gasteiger partial charge >= 0.3 is 12.1 Å². The zero-order chi connectivity index (χ0) is 18.9. The third-order valence-electron chi connectivity index (χ3n) is 4.14. The van der Waals surface area contributed by atoms with Crippen molar-refractivity contribution in [2.24, 2.45) is 0 Å². The fourth-order valence-electron chi connectivity index (χ4n) is 2.75. The van der Waals surface area contributed by atoms with E-state index in [1.54, 1.807) is 12.1 Å². The van der Waals surface area contributed by atoms with Gasteiger partial charge in [0.1, 0.15) is 0 Å². The van der Waals surface area contributed by atoms with Gasteiger partial charge in [0, 0.05) is 30.9 Å². The molecular formula is C16H18F3N5O2. The van der Waals surface area contributed by atoms with Crippen LogP contribution in [0.2, 0.25) is 0 Å². The number of rotatable bonds is 5. The van der Waals surface area contributed by atoms with Crippen LogP contribution in [0.15, 0.2) is 22.9 Å². The number of nitrogens with one attached hydrogen (secondary N) is 1. The molecule has 1 aliphatic heterocycles. The number of carbonyl (C=O) groups excluding carboxylic acids is 1. The summed E-state index contributed by atoms with van der Waals surface area (Å²) in [7, 11) is 0. The van der Waals surface area contributed by atoms with E-state index >= 15 is 0 Å². The molecule has 140 valence electrons. The number of aromatic nitrogens is 3. The van der Waals surface area contributed by atoms with Crippen LogP contribution in [-0.4, -0.2) is 44.6 Å². The molecule has 1 unspecified atom stereocenters. The molecule has 1 aliphatic rings. The number of nitrogens with zero attached hydrogens (tertiary/aromatic N) is 4. The summed E-state index contributed by atoms with van der Waals surface area (Å²) in [6.07, 6.45) is -2.57. The van der Waals surface area contributed by atoms with Crippen molar-refractivity contribution >= 4 is 5.91 Å². The van der Waals surface area contributed by atoms with Crippen molar-refractivity contribution in [2.45, 2.75) is 45.1 Å². The molecule has 26 heavy (non-hydrogen) atoms. The van der Waals surface area contributed by atoms with E-state index in [4.69, 9.17) is 0 Å². The molecule has 3 rings (SSSR count). The lowest BCUT2D eigenvalue weighted by atomic mass is 10.2. The average molecular weight is 369 g/mol. The SMILES string of the molecule is CC(C)N1CCC(NCc2ccc(-c3noc(C(F)(F)F)n3)cn2)C1=O. The van der Waals surface area contributed by atoms with E-state index in [0.717, 1.165) is 13.0 Å². The minimum Gasteiger partial charge on any atom is -0.339 e. The Balaban J connectivity index is 1.60. The van der Waals surface area contributed by atoms with Crippen LogP contribution in [0.25, 0.3) is 11.4 Å². The number of alkyl halides is 3. The minimum absolute atomic E-state index is 0.0723. The Kier molecular flexibility index (Phi) is 4.94. The Morgan fingerprint density at radius 1 is 1.38 bits per heavy atom. The lowest BCUT2D eigenvalue weighted by Gasteiger charge is -2.21. The first-order valence-electron chi connectivity index (χ1n) is 8.16. The van der Waals surface area contributed by atoms with Crippen LogP contribution in [0.4, 0.5) is 13.2 Å². The Bertz CT molecular complexity index is 773. The fraction of sp³-hybridized carbons (Fsp3) is 0.500. The lowest BCUT2D eigenvalue weighted by molar-refractivity contribution is -0.159. The van der Waals surface area contributed by atoms with Crippen LogP contribution in [-0.2, 0) is 17.5 Å². The van der Waals surface area contributed by atoms with Gasteiger partial charge in [0.05, 0.1) is 11.7 Å². The molecule has 2 aromatic rings. The molecular weight excluding hydrogens is 351 g/mol. The second-order valence-electron chi connectivity index (χ2n) is 6.31. The molecule has 3 heterocycles. The number of amides is 1. The monoisotopic (exact) mass is 369 g/mol. The quantitative estimate of drug-likeness (QED) is 0.870. The number of likely N-dealkylation sites (tertiary alicyclic amines) is 1. The Labute approximate surface area is 147 Å². The molecule has 1 atom stereocenters. The number of pyridine rings is 1. The molecule has 2 aromatic heterocycles. The van der Waals surface area contributed by atoms with E-state index in [9.17, 15) is 18.0 Å². The molecule has 0 aromatic carbocycles. The van der Waals surface area contributed by atoms with E-state index < -0.39 is 12.1 Å². The second kappa shape index (κ2) is 7.02. The van der Waals surface area contributed by atoms with Gasteiger partial charge in [0.25, 0.3) is 0 Å². The van der Waals surface area contributed by atoms with Gasteiger partial charge in [-0.1, -0.05) is 5.16 Å². The molecule has 7 nitrogen and oxygen atoms in total. The van der Waals surface area contributed by atoms with Crippen molar-refractivity contribution in [1.29, 1.82) is 0 Å². The molecule has 0 saturated carbocycles. The third-order valence-corrected chi connectivity index (χ3v) is 4.14. The number of hydrogen-bond donors (Lipinski definition) is 1. The molecule has 1 saturated heterocycles. The molecule has 10 heteroatoms. The molecule has 1 N–H and O–H groups in total. The van der Waals surface area contributed by atoms with Crippen molar-refractivity contribution in [3.8, 4) is 11.4 Å². The summed E-state index contributed by atoms with van der Waals surface area (Å²) in [6.45, 7) is 5.05. The molecule has 1 amide bonds. The third kappa shape index (κ3) is 3.85. The van der Waals surface area contributed by atoms with Gasteiger partial charge in [-0.3, -0.25) is 9.78 Å². The van der Waals surface area contributed by atoms with E-state index in [1.807, 2.05) is 18.7 Å². The normalized spacial score (nSPS) is 18.2. The van der Waals surface area contributed by atoms with E-state index in [1.165, 1.54) is 6.20 Å². The second-order valence-corrected chi connectivity index (χ2v) is 6.31. The molecule has 0 aliphatic carbocycles. The standard InChI is InChI=1S/C16H18F3N5O2/c1-9(2)24-6-5-12(14(24)25)21-8-11-4-3-10(7-20-11)13-22-15(26-23-13)16(17,18)19/h3-4,7,9,12,21H,5-6,8H2,1-2H3. The Hall–Kier alpha value is -2.49. The van der Waals surface area contributed by atoms with Crippen LogP contribution in [0.1, 0.15) is 31.9 Å². The van der Waals surface area contributed by atoms with Crippen molar-refractivity contribution in [3.63, 3.8) is 0 Å². The number of halogens is 3. The van der Waals surface area contributed by atoms with Gasteiger partial charge in [-0.05, 0) is 32.4 Å². The van der Waals surface area contributed by atoms with Crippen molar-refractivity contribution in [3.05, 3.63) is 29.9 Å². The molecule has 1 fully saturated rings. The maximum Gasteiger partial charge on any atom is 0.471 e. The zero-order valence-corrected chi connectivity index (χ0v) is 14.2. The predicted octanol–water partition coefficient (Wildman–Crippen LogP) is 2.25. The Morgan fingerprint density at radius 3 is 2.69 bits per heavy atom. The van der Waals surface area contributed by atoms with Gasteiger partial charge in [0.2, 0.25) is 11.7 Å². The topological polar surface area (TPSA) is 84.2 Å². The van der Waals surface area contributed by atoms with Gasteiger partial charge in [-0.2, -0.15) is 18.2 Å². The van der Waals surface area contributed by atoms with Crippen LogP contribution in [0, 0.1) is 0 Å². The highest BCUT2D eigenvalue weighted by Crippen LogP contribution is 2.29. The highest BCUT2D eigenvalue weighted by atomic mass is 19.4. The summed E-state index contributed by atoms with van der Waals surface area (Å²) >= 11 is 0. The highest BCUT2D eigenvalue weighted by Gasteiger charge is 2.38. The number of hydrogen-bond acceptors (Lipinski definition) is 6. The summed E-state index contributed by atoms with van der Waals surface area (Å²) < 4.78 is 41.7. The minimum atomic E-state index is -4.68. The summed E-state index contributed by atoms with van der Waals surface area (Å²) in [6, 6.07) is 3.13.